The van der Waals surface area contributed by atoms with Crippen LogP contribution in [0.2, 0.25) is 0 Å². The van der Waals surface area contributed by atoms with Crippen LogP contribution < -0.4 is 14.6 Å². The third-order valence-electron chi connectivity index (χ3n) is 4.66. The van der Waals surface area contributed by atoms with Crippen molar-refractivity contribution >= 4 is 11.8 Å². The first kappa shape index (κ1) is 17.7. The van der Waals surface area contributed by atoms with Crippen LogP contribution in [0.5, 0.6) is 5.75 Å². The minimum atomic E-state index is -0.380. The molecule has 0 saturated carbocycles. The maximum atomic E-state index is 11.8. The molecule has 1 N–H and O–H groups in total. The van der Waals surface area contributed by atoms with E-state index in [1.54, 1.807) is 13.3 Å². The number of hydrogen-bond donors (Lipinski definition) is 1. The Hall–Kier alpha value is -3.74. The van der Waals surface area contributed by atoms with E-state index in [-0.39, 0.29) is 17.9 Å². The van der Waals surface area contributed by atoms with Crippen LogP contribution in [-0.2, 0) is 9.59 Å². The minimum Gasteiger partial charge on any atom is -0.497 e. The molecule has 7 heteroatoms. The zero-order valence-electron chi connectivity index (χ0n) is 15.4. The molecule has 0 saturated heterocycles. The number of carbonyl (C=O) groups excluding carboxylic acids is 2. The highest BCUT2D eigenvalue weighted by molar-refractivity contribution is 6.16. The fourth-order valence-electron chi connectivity index (χ4n) is 3.03. The lowest BCUT2D eigenvalue weighted by Gasteiger charge is -2.06. The molecule has 3 aromatic rings. The fraction of sp³-hybridized carbons (Fsp3) is 0.143. The summed E-state index contributed by atoms with van der Waals surface area (Å²) < 4.78 is 12.9. The summed E-state index contributed by atoms with van der Waals surface area (Å²) in [4.78, 5) is 27.5. The molecule has 1 aliphatic heterocycles. The van der Waals surface area contributed by atoms with Crippen LogP contribution >= 0.6 is 0 Å². The van der Waals surface area contributed by atoms with Crippen molar-refractivity contribution in [1.29, 1.82) is 0 Å². The highest BCUT2D eigenvalue weighted by Crippen LogP contribution is 2.27. The summed E-state index contributed by atoms with van der Waals surface area (Å²) in [6, 6.07) is 11.0. The van der Waals surface area contributed by atoms with Crippen LogP contribution in [0.4, 0.5) is 0 Å². The molecular formula is C21H18N3O4+. The largest absolute Gasteiger partial charge is 0.497 e. The van der Waals surface area contributed by atoms with E-state index in [2.05, 4.69) is 10.3 Å². The van der Waals surface area contributed by atoms with Crippen LogP contribution in [0.15, 0.2) is 71.1 Å². The first-order chi connectivity index (χ1) is 13.5. The molecule has 0 fully saturated rings. The van der Waals surface area contributed by atoms with E-state index in [9.17, 15) is 9.59 Å². The monoisotopic (exact) mass is 376 g/mol. The second kappa shape index (κ2) is 7.11. The van der Waals surface area contributed by atoms with Crippen LogP contribution in [0, 0.1) is 0 Å². The Labute approximate surface area is 161 Å². The van der Waals surface area contributed by atoms with Gasteiger partial charge in [-0.25, -0.2) is 4.98 Å². The predicted octanol–water partition coefficient (Wildman–Crippen LogP) is 2.45. The number of benzene rings is 1. The van der Waals surface area contributed by atoms with E-state index in [1.807, 2.05) is 60.3 Å². The van der Waals surface area contributed by atoms with Gasteiger partial charge in [-0.1, -0.05) is 0 Å². The predicted molar refractivity (Wildman–Crippen MR) is 100 cm³/mol. The number of hydrogen-bond acceptors (Lipinski definition) is 5. The van der Waals surface area contributed by atoms with E-state index in [0.717, 1.165) is 16.9 Å². The van der Waals surface area contributed by atoms with Crippen molar-refractivity contribution < 1.29 is 23.3 Å². The number of oxazole rings is 1. The summed E-state index contributed by atoms with van der Waals surface area (Å²) in [5.41, 5.74) is 2.15. The molecule has 2 amide bonds. The van der Waals surface area contributed by atoms with Gasteiger partial charge in [-0.05, 0) is 24.3 Å². The quantitative estimate of drug-likeness (QED) is 0.546. The van der Waals surface area contributed by atoms with Crippen LogP contribution in [0.25, 0.3) is 22.8 Å². The third kappa shape index (κ3) is 3.29. The molecule has 2 aromatic heterocycles. The molecule has 0 bridgehead atoms. The Morgan fingerprint density at radius 2 is 1.79 bits per heavy atom. The van der Waals surface area contributed by atoms with Crippen molar-refractivity contribution in [2.24, 2.45) is 0 Å². The zero-order valence-corrected chi connectivity index (χ0v) is 15.4. The molecule has 1 unspecified atom stereocenters. The fourth-order valence-corrected chi connectivity index (χ4v) is 3.03. The van der Waals surface area contributed by atoms with Crippen LogP contribution in [-0.4, -0.2) is 23.9 Å². The summed E-state index contributed by atoms with van der Waals surface area (Å²) in [6.07, 6.45) is 6.67. The molecule has 1 aliphatic rings. The highest BCUT2D eigenvalue weighted by Gasteiger charge is 2.30. The maximum absolute atomic E-state index is 11.8. The lowest BCUT2D eigenvalue weighted by molar-refractivity contribution is -0.710. The van der Waals surface area contributed by atoms with Crippen molar-refractivity contribution in [2.45, 2.75) is 13.0 Å². The van der Waals surface area contributed by atoms with E-state index >= 15 is 0 Å². The van der Waals surface area contributed by atoms with Gasteiger partial charge >= 0.3 is 0 Å². The summed E-state index contributed by atoms with van der Waals surface area (Å²) in [5.74, 6) is 1.20. The number of ether oxygens (including phenoxy) is 1. The van der Waals surface area contributed by atoms with Crippen molar-refractivity contribution in [3.63, 3.8) is 0 Å². The molecule has 3 heterocycles. The highest BCUT2D eigenvalue weighted by atomic mass is 16.5. The van der Waals surface area contributed by atoms with E-state index in [0.29, 0.717) is 17.2 Å². The summed E-state index contributed by atoms with van der Waals surface area (Å²) in [7, 11) is 1.62. The normalized spacial score (nSPS) is 14.6. The number of pyridine rings is 1. The Morgan fingerprint density at radius 3 is 2.39 bits per heavy atom. The molecular weight excluding hydrogens is 358 g/mol. The molecule has 4 rings (SSSR count). The second-order valence-corrected chi connectivity index (χ2v) is 6.39. The number of imide groups is 1. The number of aromatic nitrogens is 2. The smallest absolute Gasteiger partial charge is 0.260 e. The summed E-state index contributed by atoms with van der Waals surface area (Å²) >= 11 is 0. The Morgan fingerprint density at radius 1 is 1.07 bits per heavy atom. The number of amides is 2. The summed E-state index contributed by atoms with van der Waals surface area (Å²) in [6.45, 7) is 1.86. The Kier molecular flexibility index (Phi) is 4.49. The van der Waals surface area contributed by atoms with Gasteiger partial charge < -0.3 is 9.15 Å². The standard InChI is InChI=1S/C21H17N3O4/c1-13(17-11-19(25)23-20(17)26)24-9-7-15(8-10-24)21-22-12-18(28-21)14-3-5-16(27-2)6-4-14/h3-13H,1-2H3/p+1. The van der Waals surface area contributed by atoms with Crippen molar-refractivity contribution in [2.75, 3.05) is 7.11 Å². The molecule has 140 valence electrons. The SMILES string of the molecule is COc1ccc(-c2cnc(-c3cc[n+](C(C)C4=CC(=O)NC4=O)cc3)o2)cc1. The zero-order chi connectivity index (χ0) is 19.7. The number of nitrogens with one attached hydrogen (secondary N) is 1. The number of nitrogens with zero attached hydrogens (tertiary/aromatic N) is 2. The molecule has 0 aliphatic carbocycles. The Bertz CT molecular complexity index is 1070. The first-order valence-electron chi connectivity index (χ1n) is 8.73. The van der Waals surface area contributed by atoms with Gasteiger partial charge in [0.1, 0.15) is 5.75 Å². The molecule has 0 spiro atoms. The average molecular weight is 376 g/mol. The minimum absolute atomic E-state index is 0.264. The second-order valence-electron chi connectivity index (χ2n) is 6.39. The number of methoxy groups -OCH3 is 1. The molecule has 28 heavy (non-hydrogen) atoms. The van der Waals surface area contributed by atoms with Crippen LogP contribution in [0.1, 0.15) is 13.0 Å². The van der Waals surface area contributed by atoms with Gasteiger partial charge in [-0.3, -0.25) is 14.9 Å². The topological polar surface area (TPSA) is 85.3 Å². The molecule has 1 aromatic carbocycles. The molecule has 0 radical (unpaired) electrons. The van der Waals surface area contributed by atoms with Crippen LogP contribution in [0.3, 0.4) is 0 Å². The van der Waals surface area contributed by atoms with E-state index in [4.69, 9.17) is 9.15 Å². The van der Waals surface area contributed by atoms with Gasteiger partial charge in [0.05, 0.1) is 18.9 Å². The van der Waals surface area contributed by atoms with Gasteiger partial charge in [0.25, 0.3) is 11.8 Å². The third-order valence-corrected chi connectivity index (χ3v) is 4.66. The Balaban J connectivity index is 1.54. The first-order valence-corrected chi connectivity index (χ1v) is 8.73. The van der Waals surface area contributed by atoms with Gasteiger partial charge in [0, 0.05) is 36.3 Å². The molecule has 7 nitrogen and oxygen atoms in total. The van der Waals surface area contributed by atoms with Gasteiger partial charge in [-0.2, -0.15) is 4.57 Å². The summed E-state index contributed by atoms with van der Waals surface area (Å²) in [5, 5.41) is 2.26. The van der Waals surface area contributed by atoms with Crippen molar-refractivity contribution in [1.82, 2.24) is 10.3 Å². The maximum Gasteiger partial charge on any atom is 0.260 e. The average Bonchev–Trinajstić information content (AvgIpc) is 3.34. The van der Waals surface area contributed by atoms with Crippen molar-refractivity contribution in [3.8, 4) is 28.5 Å². The lowest BCUT2D eigenvalue weighted by atomic mass is 10.1. The molecule has 1 atom stereocenters. The van der Waals surface area contributed by atoms with Gasteiger partial charge in [0.15, 0.2) is 24.2 Å². The van der Waals surface area contributed by atoms with E-state index in [1.165, 1.54) is 6.08 Å². The van der Waals surface area contributed by atoms with Crippen molar-refractivity contribution in [3.05, 3.63) is 66.6 Å². The van der Waals surface area contributed by atoms with Gasteiger partial charge in [0.2, 0.25) is 5.89 Å². The number of rotatable bonds is 5. The van der Waals surface area contributed by atoms with Gasteiger partial charge in [-0.15, -0.1) is 0 Å². The lowest BCUT2D eigenvalue weighted by Crippen LogP contribution is -2.40. The van der Waals surface area contributed by atoms with E-state index < -0.39 is 0 Å². The number of carbonyl (C=O) groups is 2.